The van der Waals surface area contributed by atoms with E-state index in [2.05, 4.69) is 36.6 Å². The minimum absolute atomic E-state index is 0.0711. The molecule has 0 fully saturated rings. The van der Waals surface area contributed by atoms with Gasteiger partial charge >= 0.3 is 0 Å². The van der Waals surface area contributed by atoms with Crippen LogP contribution in [0.2, 0.25) is 0 Å². The number of ether oxygens (including phenoxy) is 1. The van der Waals surface area contributed by atoms with Gasteiger partial charge < -0.3 is 15.4 Å². The number of thioether (sulfide) groups is 1. The summed E-state index contributed by atoms with van der Waals surface area (Å²) in [5.74, 6) is 0.524. The Balaban J connectivity index is 2.30. The van der Waals surface area contributed by atoms with Gasteiger partial charge in [0, 0.05) is 37.7 Å². The molecule has 0 saturated heterocycles. The van der Waals surface area contributed by atoms with Crippen LogP contribution >= 0.6 is 11.8 Å². The van der Waals surface area contributed by atoms with E-state index in [1.165, 1.54) is 5.56 Å². The van der Waals surface area contributed by atoms with Gasteiger partial charge in [-0.15, -0.1) is 11.8 Å². The van der Waals surface area contributed by atoms with Crippen molar-refractivity contribution in [3.63, 3.8) is 0 Å². The average molecular weight is 310 g/mol. The lowest BCUT2D eigenvalue weighted by atomic mass is 10.2. The maximum atomic E-state index is 11.7. The van der Waals surface area contributed by atoms with E-state index < -0.39 is 0 Å². The predicted molar refractivity (Wildman–Crippen MR) is 88.6 cm³/mol. The number of methoxy groups -OCH3 is 1. The Hall–Kier alpha value is -1.04. The number of benzene rings is 1. The smallest absolute Gasteiger partial charge is 0.230 e. The van der Waals surface area contributed by atoms with Gasteiger partial charge in [0.05, 0.1) is 5.75 Å². The van der Waals surface area contributed by atoms with Gasteiger partial charge in [-0.2, -0.15) is 0 Å². The lowest BCUT2D eigenvalue weighted by molar-refractivity contribution is -0.118. The summed E-state index contributed by atoms with van der Waals surface area (Å²) in [6.07, 6.45) is 0.850. The summed E-state index contributed by atoms with van der Waals surface area (Å²) in [6, 6.07) is 8.79. The molecule has 5 heteroatoms. The average Bonchev–Trinajstić information content (AvgIpc) is 2.48. The third kappa shape index (κ3) is 8.75. The van der Waals surface area contributed by atoms with E-state index >= 15 is 0 Å². The van der Waals surface area contributed by atoms with Gasteiger partial charge in [0.2, 0.25) is 5.91 Å². The summed E-state index contributed by atoms with van der Waals surface area (Å²) >= 11 is 1.57. The molecule has 0 saturated carbocycles. The van der Waals surface area contributed by atoms with Crippen LogP contribution in [0.5, 0.6) is 0 Å². The zero-order valence-electron chi connectivity index (χ0n) is 13.1. The van der Waals surface area contributed by atoms with Crippen molar-refractivity contribution in [2.24, 2.45) is 0 Å². The first-order valence-corrected chi connectivity index (χ1v) is 8.31. The van der Waals surface area contributed by atoms with Crippen molar-refractivity contribution in [3.8, 4) is 0 Å². The largest absolute Gasteiger partial charge is 0.385 e. The number of hydrogen-bond donors (Lipinski definition) is 2. The molecule has 0 aliphatic heterocycles. The molecule has 0 bridgehead atoms. The molecule has 0 radical (unpaired) electrons. The molecule has 2 N–H and O–H groups in total. The zero-order chi connectivity index (χ0) is 15.5. The molecule has 1 aromatic rings. The molecule has 1 rings (SSSR count). The minimum Gasteiger partial charge on any atom is -0.385 e. The fraction of sp³-hybridized carbons (Fsp3) is 0.562. The van der Waals surface area contributed by atoms with Crippen LogP contribution in [0.1, 0.15) is 25.8 Å². The third-order valence-corrected chi connectivity index (χ3v) is 3.82. The quantitative estimate of drug-likeness (QED) is 0.515. The maximum absolute atomic E-state index is 11.7. The summed E-state index contributed by atoms with van der Waals surface area (Å²) in [6.45, 7) is 6.47. The van der Waals surface area contributed by atoms with E-state index in [4.69, 9.17) is 4.74 Å². The standard InChI is InChI=1S/C16H26N2O2S/c1-13(2)18-11-14-6-4-7-15(10-14)21-12-16(19)17-8-5-9-20-3/h4,6-7,10,13,18H,5,8-9,11-12H2,1-3H3,(H,17,19). The third-order valence-electron chi connectivity index (χ3n) is 2.83. The SMILES string of the molecule is COCCCNC(=O)CSc1cccc(CNC(C)C)c1. The molecule has 118 valence electrons. The fourth-order valence-electron chi connectivity index (χ4n) is 1.71. The lowest BCUT2D eigenvalue weighted by Gasteiger charge is -2.09. The van der Waals surface area contributed by atoms with Gasteiger partial charge in [0.15, 0.2) is 0 Å². The first-order valence-electron chi connectivity index (χ1n) is 7.32. The molecule has 0 heterocycles. The fourth-order valence-corrected chi connectivity index (χ4v) is 2.52. The second-order valence-corrected chi connectivity index (χ2v) is 6.22. The van der Waals surface area contributed by atoms with Crippen LogP contribution < -0.4 is 10.6 Å². The van der Waals surface area contributed by atoms with Crippen LogP contribution in [-0.4, -0.2) is 38.0 Å². The number of carbonyl (C=O) groups is 1. The number of hydrogen-bond acceptors (Lipinski definition) is 4. The highest BCUT2D eigenvalue weighted by atomic mass is 32.2. The van der Waals surface area contributed by atoms with Crippen LogP contribution in [-0.2, 0) is 16.1 Å². The molecule has 21 heavy (non-hydrogen) atoms. The number of carbonyl (C=O) groups excluding carboxylic acids is 1. The van der Waals surface area contributed by atoms with Gasteiger partial charge in [-0.25, -0.2) is 0 Å². The van der Waals surface area contributed by atoms with Crippen molar-refractivity contribution in [3.05, 3.63) is 29.8 Å². The van der Waals surface area contributed by atoms with E-state index in [-0.39, 0.29) is 5.91 Å². The molecule has 0 aliphatic rings. The second kappa shape index (κ2) is 10.7. The normalized spacial score (nSPS) is 10.9. The summed E-state index contributed by atoms with van der Waals surface area (Å²) in [7, 11) is 1.67. The molecular formula is C16H26N2O2S. The molecule has 0 atom stereocenters. The van der Waals surface area contributed by atoms with Crippen LogP contribution in [0.25, 0.3) is 0 Å². The van der Waals surface area contributed by atoms with Crippen molar-refractivity contribution in [2.45, 2.75) is 37.8 Å². The highest BCUT2D eigenvalue weighted by Crippen LogP contribution is 2.19. The monoisotopic (exact) mass is 310 g/mol. The van der Waals surface area contributed by atoms with Crippen molar-refractivity contribution in [1.29, 1.82) is 0 Å². The Kier molecular flexibility index (Phi) is 9.14. The van der Waals surface area contributed by atoms with Crippen molar-refractivity contribution in [2.75, 3.05) is 26.0 Å². The van der Waals surface area contributed by atoms with E-state index in [1.807, 2.05) is 12.1 Å². The highest BCUT2D eigenvalue weighted by molar-refractivity contribution is 8.00. The summed E-state index contributed by atoms with van der Waals surface area (Å²) in [5, 5.41) is 6.28. The molecule has 0 aliphatic carbocycles. The van der Waals surface area contributed by atoms with Crippen LogP contribution in [0.3, 0.4) is 0 Å². The Morgan fingerprint density at radius 3 is 2.90 bits per heavy atom. The first kappa shape index (κ1) is 18.0. The van der Waals surface area contributed by atoms with Gasteiger partial charge in [-0.1, -0.05) is 26.0 Å². The molecule has 4 nitrogen and oxygen atoms in total. The van der Waals surface area contributed by atoms with Crippen LogP contribution in [0, 0.1) is 0 Å². The van der Waals surface area contributed by atoms with Gasteiger partial charge in [0.25, 0.3) is 0 Å². The molecule has 0 aromatic heterocycles. The Morgan fingerprint density at radius 2 is 2.19 bits per heavy atom. The maximum Gasteiger partial charge on any atom is 0.230 e. The highest BCUT2D eigenvalue weighted by Gasteiger charge is 2.03. The molecular weight excluding hydrogens is 284 g/mol. The Bertz CT molecular complexity index is 424. The molecule has 0 unspecified atom stereocenters. The molecule has 1 amide bonds. The molecule has 1 aromatic carbocycles. The summed E-state index contributed by atoms with van der Waals surface area (Å²) < 4.78 is 4.94. The van der Waals surface area contributed by atoms with Crippen molar-refractivity contribution >= 4 is 17.7 Å². The number of amides is 1. The van der Waals surface area contributed by atoms with Crippen LogP contribution in [0.4, 0.5) is 0 Å². The number of nitrogens with one attached hydrogen (secondary N) is 2. The van der Waals surface area contributed by atoms with Gasteiger partial charge in [-0.05, 0) is 24.1 Å². The van der Waals surface area contributed by atoms with Crippen LogP contribution in [0.15, 0.2) is 29.2 Å². The van der Waals surface area contributed by atoms with Crippen molar-refractivity contribution < 1.29 is 9.53 Å². The van der Waals surface area contributed by atoms with Gasteiger partial charge in [0.1, 0.15) is 0 Å². The van der Waals surface area contributed by atoms with Gasteiger partial charge in [-0.3, -0.25) is 4.79 Å². The zero-order valence-corrected chi connectivity index (χ0v) is 14.0. The summed E-state index contributed by atoms with van der Waals surface area (Å²) in [4.78, 5) is 12.8. The summed E-state index contributed by atoms with van der Waals surface area (Å²) in [5.41, 5.74) is 1.24. The topological polar surface area (TPSA) is 50.4 Å². The lowest BCUT2D eigenvalue weighted by Crippen LogP contribution is -2.26. The minimum atomic E-state index is 0.0711. The van der Waals surface area contributed by atoms with E-state index in [0.717, 1.165) is 17.9 Å². The number of rotatable bonds is 10. The van der Waals surface area contributed by atoms with Crippen molar-refractivity contribution in [1.82, 2.24) is 10.6 Å². The first-order chi connectivity index (χ1) is 10.1. The van der Waals surface area contributed by atoms with E-state index in [9.17, 15) is 4.79 Å². The Labute approximate surface area is 132 Å². The second-order valence-electron chi connectivity index (χ2n) is 5.17. The van der Waals surface area contributed by atoms with E-state index in [0.29, 0.717) is 24.9 Å². The Morgan fingerprint density at radius 1 is 1.38 bits per heavy atom. The molecule has 0 spiro atoms. The predicted octanol–water partition coefficient (Wildman–Crippen LogP) is 2.43. The van der Waals surface area contributed by atoms with E-state index in [1.54, 1.807) is 18.9 Å².